The van der Waals surface area contributed by atoms with E-state index in [0.717, 1.165) is 32.2 Å². The van der Waals surface area contributed by atoms with Gasteiger partial charge in [-0.25, -0.2) is 0 Å². The molecule has 2 aliphatic heterocycles. The van der Waals surface area contributed by atoms with Crippen LogP contribution >= 0.6 is 0 Å². The highest BCUT2D eigenvalue weighted by Crippen LogP contribution is 2.37. The predicted molar refractivity (Wildman–Crippen MR) is 94.6 cm³/mol. The van der Waals surface area contributed by atoms with Gasteiger partial charge in [-0.15, -0.1) is 0 Å². The monoisotopic (exact) mass is 324 g/mol. The molecular formula is C20H24N2O2. The number of nitrogens with two attached hydrogens (primary N) is 1. The highest BCUT2D eigenvalue weighted by atomic mass is 16.5. The molecule has 2 fully saturated rings. The molecule has 2 aliphatic rings. The van der Waals surface area contributed by atoms with E-state index in [2.05, 4.69) is 42.5 Å². The number of carbonyl (C=O) groups excluding carboxylic acids is 1. The first-order valence-electron chi connectivity index (χ1n) is 8.91. The summed E-state index contributed by atoms with van der Waals surface area (Å²) >= 11 is 0. The normalized spacial score (nSPS) is 27.0. The number of hydrogen-bond donors (Lipinski definition) is 1. The highest BCUT2D eigenvalue weighted by molar-refractivity contribution is 5.87. The number of benzene rings is 2. The van der Waals surface area contributed by atoms with Crippen LogP contribution in [0, 0.1) is 0 Å². The van der Waals surface area contributed by atoms with Crippen LogP contribution in [0.1, 0.15) is 37.3 Å². The zero-order valence-electron chi connectivity index (χ0n) is 13.9. The molecule has 0 aromatic heterocycles. The summed E-state index contributed by atoms with van der Waals surface area (Å²) in [5.74, 6) is 0.140. The van der Waals surface area contributed by atoms with Crippen LogP contribution in [0.3, 0.4) is 0 Å². The van der Waals surface area contributed by atoms with E-state index >= 15 is 0 Å². The van der Waals surface area contributed by atoms with E-state index in [9.17, 15) is 4.79 Å². The quantitative estimate of drug-likeness (QED) is 0.944. The molecule has 2 heterocycles. The van der Waals surface area contributed by atoms with Gasteiger partial charge in [-0.2, -0.15) is 0 Å². The van der Waals surface area contributed by atoms with Gasteiger partial charge in [0.15, 0.2) is 0 Å². The standard InChI is InChI=1S/C20H24N2O2/c21-13-15-10-11-19(24-15)20(23)22-12-4-9-18(22)17-8-3-6-14-5-1-2-7-16(14)17/h1-3,5-8,15,18-19H,4,9-13,21H2/t15-,18?,19+/m1/s1. The topological polar surface area (TPSA) is 55.6 Å². The van der Waals surface area contributed by atoms with Crippen molar-refractivity contribution in [3.63, 3.8) is 0 Å². The number of fused-ring (bicyclic) bond motifs is 1. The Hall–Kier alpha value is -1.91. The Morgan fingerprint density at radius 1 is 1.12 bits per heavy atom. The first kappa shape index (κ1) is 15.6. The molecule has 0 spiro atoms. The molecule has 1 unspecified atom stereocenters. The third kappa shape index (κ3) is 2.70. The first-order chi connectivity index (χ1) is 11.8. The summed E-state index contributed by atoms with van der Waals surface area (Å²) in [5.41, 5.74) is 6.94. The van der Waals surface area contributed by atoms with E-state index in [1.165, 1.54) is 16.3 Å². The van der Waals surface area contributed by atoms with Crippen LogP contribution in [0.15, 0.2) is 42.5 Å². The molecule has 4 heteroatoms. The zero-order chi connectivity index (χ0) is 16.5. The molecular weight excluding hydrogens is 300 g/mol. The first-order valence-corrected chi connectivity index (χ1v) is 8.91. The fraction of sp³-hybridized carbons (Fsp3) is 0.450. The fourth-order valence-corrected chi connectivity index (χ4v) is 4.14. The lowest BCUT2D eigenvalue weighted by Crippen LogP contribution is -2.39. The lowest BCUT2D eigenvalue weighted by atomic mass is 9.97. The molecule has 2 aromatic carbocycles. The van der Waals surface area contributed by atoms with Crippen LogP contribution in [0.2, 0.25) is 0 Å². The van der Waals surface area contributed by atoms with Crippen molar-refractivity contribution in [2.45, 2.75) is 43.9 Å². The maximum Gasteiger partial charge on any atom is 0.252 e. The molecule has 4 rings (SSSR count). The Kier molecular flexibility index (Phi) is 4.25. The van der Waals surface area contributed by atoms with Gasteiger partial charge in [0.05, 0.1) is 12.1 Å². The largest absolute Gasteiger partial charge is 0.364 e. The highest BCUT2D eigenvalue weighted by Gasteiger charge is 2.38. The van der Waals surface area contributed by atoms with Crippen molar-refractivity contribution >= 4 is 16.7 Å². The number of carbonyl (C=O) groups is 1. The van der Waals surface area contributed by atoms with E-state index in [-0.39, 0.29) is 24.2 Å². The van der Waals surface area contributed by atoms with Crippen molar-refractivity contribution in [2.24, 2.45) is 5.73 Å². The molecule has 126 valence electrons. The second-order valence-corrected chi connectivity index (χ2v) is 6.82. The number of amides is 1. The van der Waals surface area contributed by atoms with Crippen molar-refractivity contribution in [3.8, 4) is 0 Å². The summed E-state index contributed by atoms with van der Waals surface area (Å²) in [6.07, 6.45) is 3.48. The molecule has 4 nitrogen and oxygen atoms in total. The minimum atomic E-state index is -0.311. The van der Waals surface area contributed by atoms with Crippen molar-refractivity contribution < 1.29 is 9.53 Å². The maximum absolute atomic E-state index is 13.0. The van der Waals surface area contributed by atoms with Gasteiger partial charge in [0.1, 0.15) is 6.10 Å². The van der Waals surface area contributed by atoms with Gasteiger partial charge >= 0.3 is 0 Å². The Balaban J connectivity index is 1.62. The van der Waals surface area contributed by atoms with Crippen molar-refractivity contribution in [2.75, 3.05) is 13.1 Å². The zero-order valence-corrected chi connectivity index (χ0v) is 13.9. The van der Waals surface area contributed by atoms with Crippen LogP contribution in [0.5, 0.6) is 0 Å². The lowest BCUT2D eigenvalue weighted by Gasteiger charge is -2.28. The second kappa shape index (κ2) is 6.54. The Morgan fingerprint density at radius 3 is 2.79 bits per heavy atom. The summed E-state index contributed by atoms with van der Waals surface area (Å²) in [5, 5.41) is 2.48. The fourth-order valence-electron chi connectivity index (χ4n) is 4.14. The number of rotatable bonds is 3. The minimum Gasteiger partial charge on any atom is -0.364 e. The van der Waals surface area contributed by atoms with E-state index in [0.29, 0.717) is 6.54 Å². The third-order valence-electron chi connectivity index (χ3n) is 5.36. The predicted octanol–water partition coefficient (Wildman–Crippen LogP) is 3.01. The van der Waals surface area contributed by atoms with Gasteiger partial charge in [0, 0.05) is 13.1 Å². The molecule has 0 saturated carbocycles. The SMILES string of the molecule is NC[C@H]1CC[C@@H](C(=O)N2CCCC2c2cccc3ccccc23)O1. The van der Waals surface area contributed by atoms with E-state index in [1.807, 2.05) is 4.90 Å². The van der Waals surface area contributed by atoms with Gasteiger partial charge in [-0.3, -0.25) is 4.79 Å². The molecule has 0 bridgehead atoms. The van der Waals surface area contributed by atoms with E-state index < -0.39 is 0 Å². The average molecular weight is 324 g/mol. The minimum absolute atomic E-state index is 0.0394. The van der Waals surface area contributed by atoms with E-state index in [1.54, 1.807) is 0 Å². The van der Waals surface area contributed by atoms with Crippen LogP contribution < -0.4 is 5.73 Å². The number of ether oxygens (including phenoxy) is 1. The number of likely N-dealkylation sites (tertiary alicyclic amines) is 1. The Labute approximate surface area is 142 Å². The Bertz CT molecular complexity index is 740. The van der Waals surface area contributed by atoms with Crippen molar-refractivity contribution in [1.82, 2.24) is 4.90 Å². The maximum atomic E-state index is 13.0. The van der Waals surface area contributed by atoms with Crippen LogP contribution in [0.4, 0.5) is 0 Å². The lowest BCUT2D eigenvalue weighted by molar-refractivity contribution is -0.143. The Morgan fingerprint density at radius 2 is 1.96 bits per heavy atom. The van der Waals surface area contributed by atoms with Gasteiger partial charge < -0.3 is 15.4 Å². The molecule has 24 heavy (non-hydrogen) atoms. The van der Waals surface area contributed by atoms with Crippen LogP contribution in [-0.4, -0.2) is 36.1 Å². The van der Waals surface area contributed by atoms with Crippen LogP contribution in [0.25, 0.3) is 10.8 Å². The summed E-state index contributed by atoms with van der Waals surface area (Å²) in [7, 11) is 0. The smallest absolute Gasteiger partial charge is 0.252 e. The average Bonchev–Trinajstić information content (AvgIpc) is 3.30. The molecule has 0 radical (unpaired) electrons. The van der Waals surface area contributed by atoms with Gasteiger partial charge in [-0.05, 0) is 42.0 Å². The van der Waals surface area contributed by atoms with Crippen molar-refractivity contribution in [1.29, 1.82) is 0 Å². The summed E-state index contributed by atoms with van der Waals surface area (Å²) < 4.78 is 5.84. The summed E-state index contributed by atoms with van der Waals surface area (Å²) in [6, 6.07) is 15.0. The second-order valence-electron chi connectivity index (χ2n) is 6.82. The molecule has 2 saturated heterocycles. The molecule has 1 amide bonds. The van der Waals surface area contributed by atoms with Crippen LogP contribution in [-0.2, 0) is 9.53 Å². The summed E-state index contributed by atoms with van der Waals surface area (Å²) in [6.45, 7) is 1.32. The molecule has 3 atom stereocenters. The number of hydrogen-bond acceptors (Lipinski definition) is 3. The van der Waals surface area contributed by atoms with Crippen molar-refractivity contribution in [3.05, 3.63) is 48.0 Å². The summed E-state index contributed by atoms with van der Waals surface area (Å²) in [4.78, 5) is 15.0. The third-order valence-corrected chi connectivity index (χ3v) is 5.36. The molecule has 2 N–H and O–H groups in total. The molecule has 2 aromatic rings. The number of nitrogens with zero attached hydrogens (tertiary/aromatic N) is 1. The van der Waals surface area contributed by atoms with Gasteiger partial charge in [0.2, 0.25) is 0 Å². The van der Waals surface area contributed by atoms with Gasteiger partial charge in [0.25, 0.3) is 5.91 Å². The van der Waals surface area contributed by atoms with E-state index in [4.69, 9.17) is 10.5 Å². The molecule has 0 aliphatic carbocycles. The van der Waals surface area contributed by atoms with Gasteiger partial charge in [-0.1, -0.05) is 42.5 Å².